The van der Waals surface area contributed by atoms with Crippen LogP contribution in [-0.2, 0) is 17.8 Å². The first kappa shape index (κ1) is 17.2. The predicted molar refractivity (Wildman–Crippen MR) is 98.2 cm³/mol. The van der Waals surface area contributed by atoms with E-state index in [2.05, 4.69) is 14.8 Å². The summed E-state index contributed by atoms with van der Waals surface area (Å²) in [4.78, 5) is 28.8. The van der Waals surface area contributed by atoms with Crippen LogP contribution in [0.15, 0.2) is 17.5 Å². The van der Waals surface area contributed by atoms with Crippen LogP contribution in [0.5, 0.6) is 0 Å². The number of piperidine rings is 1. The highest BCUT2D eigenvalue weighted by molar-refractivity contribution is 7.12. The SMILES string of the molecule is CC(=O)N1CCC(c2nnc3n2CCN(C(=O)c2cccs2)CC3)CC1. The molecule has 1 fully saturated rings. The van der Waals surface area contributed by atoms with E-state index < -0.39 is 0 Å². The van der Waals surface area contributed by atoms with Gasteiger partial charge in [-0.1, -0.05) is 6.07 Å². The van der Waals surface area contributed by atoms with Crippen molar-refractivity contribution >= 4 is 23.2 Å². The lowest BCUT2D eigenvalue weighted by Crippen LogP contribution is -2.37. The summed E-state index contributed by atoms with van der Waals surface area (Å²) in [5.41, 5.74) is 0. The summed E-state index contributed by atoms with van der Waals surface area (Å²) in [7, 11) is 0. The molecule has 4 rings (SSSR count). The van der Waals surface area contributed by atoms with Gasteiger partial charge < -0.3 is 14.4 Å². The first-order valence-electron chi connectivity index (χ1n) is 9.13. The molecule has 2 aliphatic rings. The molecule has 0 aromatic carbocycles. The highest BCUT2D eigenvalue weighted by Crippen LogP contribution is 2.28. The lowest BCUT2D eigenvalue weighted by molar-refractivity contribution is -0.129. The van der Waals surface area contributed by atoms with E-state index in [4.69, 9.17) is 0 Å². The van der Waals surface area contributed by atoms with Gasteiger partial charge in [-0.25, -0.2) is 0 Å². The number of amides is 2. The minimum Gasteiger partial charge on any atom is -0.343 e. The summed E-state index contributed by atoms with van der Waals surface area (Å²) >= 11 is 1.49. The molecule has 138 valence electrons. The zero-order chi connectivity index (χ0) is 18.1. The molecule has 26 heavy (non-hydrogen) atoms. The van der Waals surface area contributed by atoms with Crippen LogP contribution in [0.3, 0.4) is 0 Å². The molecular weight excluding hydrogens is 350 g/mol. The van der Waals surface area contributed by atoms with Crippen molar-refractivity contribution in [2.45, 2.75) is 38.6 Å². The first-order chi connectivity index (χ1) is 12.6. The molecule has 0 bridgehead atoms. The van der Waals surface area contributed by atoms with Crippen LogP contribution in [0.25, 0.3) is 0 Å². The second kappa shape index (κ2) is 7.19. The van der Waals surface area contributed by atoms with E-state index in [0.29, 0.717) is 19.0 Å². The Morgan fingerprint density at radius 2 is 1.88 bits per heavy atom. The minimum absolute atomic E-state index is 0.107. The van der Waals surface area contributed by atoms with E-state index in [0.717, 1.165) is 55.4 Å². The number of likely N-dealkylation sites (tertiary alicyclic amines) is 1. The van der Waals surface area contributed by atoms with E-state index in [9.17, 15) is 9.59 Å². The third kappa shape index (κ3) is 3.25. The van der Waals surface area contributed by atoms with E-state index in [1.807, 2.05) is 27.3 Å². The second-order valence-electron chi connectivity index (χ2n) is 6.93. The van der Waals surface area contributed by atoms with Crippen molar-refractivity contribution in [2.24, 2.45) is 0 Å². The molecule has 2 aromatic heterocycles. The molecule has 0 aliphatic carbocycles. The quantitative estimate of drug-likeness (QED) is 0.804. The van der Waals surface area contributed by atoms with Gasteiger partial charge in [0.1, 0.15) is 11.6 Å². The van der Waals surface area contributed by atoms with Gasteiger partial charge in [-0.2, -0.15) is 0 Å². The van der Waals surface area contributed by atoms with Crippen LogP contribution in [0.2, 0.25) is 0 Å². The van der Waals surface area contributed by atoms with Crippen molar-refractivity contribution in [1.82, 2.24) is 24.6 Å². The van der Waals surface area contributed by atoms with Gasteiger partial charge in [0, 0.05) is 52.0 Å². The van der Waals surface area contributed by atoms with Crippen LogP contribution < -0.4 is 0 Å². The number of nitrogens with zero attached hydrogens (tertiary/aromatic N) is 5. The lowest BCUT2D eigenvalue weighted by Gasteiger charge is -2.31. The number of aromatic nitrogens is 3. The third-order valence-corrected chi connectivity index (χ3v) is 6.24. The summed E-state index contributed by atoms with van der Waals surface area (Å²) in [5, 5.41) is 10.8. The fourth-order valence-electron chi connectivity index (χ4n) is 3.86. The van der Waals surface area contributed by atoms with Gasteiger partial charge in [-0.15, -0.1) is 21.5 Å². The Hall–Kier alpha value is -2.22. The van der Waals surface area contributed by atoms with Crippen molar-refractivity contribution in [1.29, 1.82) is 0 Å². The summed E-state index contributed by atoms with van der Waals surface area (Å²) in [6, 6.07) is 3.79. The van der Waals surface area contributed by atoms with E-state index >= 15 is 0 Å². The normalized spacial score (nSPS) is 18.5. The van der Waals surface area contributed by atoms with Gasteiger partial charge in [-0.05, 0) is 24.3 Å². The predicted octanol–water partition coefficient (Wildman–Crippen LogP) is 1.76. The number of carbonyl (C=O) groups excluding carboxylic acids is 2. The van der Waals surface area contributed by atoms with Gasteiger partial charge in [-0.3, -0.25) is 9.59 Å². The highest BCUT2D eigenvalue weighted by atomic mass is 32.1. The summed E-state index contributed by atoms with van der Waals surface area (Å²) in [6.45, 7) is 5.29. The van der Waals surface area contributed by atoms with Gasteiger partial charge in [0.25, 0.3) is 5.91 Å². The van der Waals surface area contributed by atoms with Crippen molar-refractivity contribution in [3.05, 3.63) is 34.0 Å². The van der Waals surface area contributed by atoms with E-state index in [1.165, 1.54) is 11.3 Å². The Labute approximate surface area is 156 Å². The maximum atomic E-state index is 12.6. The zero-order valence-electron chi connectivity index (χ0n) is 14.9. The molecule has 2 amide bonds. The van der Waals surface area contributed by atoms with Crippen molar-refractivity contribution in [3.63, 3.8) is 0 Å². The number of hydrogen-bond acceptors (Lipinski definition) is 5. The summed E-state index contributed by atoms with van der Waals surface area (Å²) in [6.07, 6.45) is 2.58. The van der Waals surface area contributed by atoms with E-state index in [-0.39, 0.29) is 11.8 Å². The van der Waals surface area contributed by atoms with Gasteiger partial charge >= 0.3 is 0 Å². The number of thiophene rings is 1. The lowest BCUT2D eigenvalue weighted by atomic mass is 9.96. The fourth-order valence-corrected chi connectivity index (χ4v) is 4.55. The maximum absolute atomic E-state index is 12.6. The highest BCUT2D eigenvalue weighted by Gasteiger charge is 2.29. The van der Waals surface area contributed by atoms with Gasteiger partial charge in [0.05, 0.1) is 4.88 Å². The van der Waals surface area contributed by atoms with Crippen LogP contribution in [0.1, 0.15) is 47.0 Å². The van der Waals surface area contributed by atoms with Crippen LogP contribution >= 0.6 is 11.3 Å². The Bertz CT molecular complexity index is 793. The molecule has 0 radical (unpaired) electrons. The molecule has 2 aromatic rings. The molecule has 4 heterocycles. The van der Waals surface area contributed by atoms with Crippen molar-refractivity contribution < 1.29 is 9.59 Å². The minimum atomic E-state index is 0.107. The fraction of sp³-hybridized carbons (Fsp3) is 0.556. The first-order valence-corrected chi connectivity index (χ1v) is 10.0. The Morgan fingerprint density at radius 1 is 1.08 bits per heavy atom. The largest absolute Gasteiger partial charge is 0.343 e. The van der Waals surface area contributed by atoms with Crippen LogP contribution in [0, 0.1) is 0 Å². The number of carbonyl (C=O) groups is 2. The van der Waals surface area contributed by atoms with Crippen molar-refractivity contribution in [3.8, 4) is 0 Å². The third-order valence-electron chi connectivity index (χ3n) is 5.38. The summed E-state index contributed by atoms with van der Waals surface area (Å²) in [5.74, 6) is 2.58. The number of hydrogen-bond donors (Lipinski definition) is 0. The number of fused-ring (bicyclic) bond motifs is 1. The van der Waals surface area contributed by atoms with Crippen LogP contribution in [-0.4, -0.2) is 62.6 Å². The maximum Gasteiger partial charge on any atom is 0.263 e. The molecule has 0 atom stereocenters. The zero-order valence-corrected chi connectivity index (χ0v) is 15.7. The number of rotatable bonds is 2. The molecule has 2 aliphatic heterocycles. The molecule has 8 heteroatoms. The second-order valence-corrected chi connectivity index (χ2v) is 7.87. The standard InChI is InChI=1S/C18H23N5O2S/c1-13(24)21-7-4-14(5-8-21)17-20-19-16-6-9-22(10-11-23(16)17)18(25)15-3-2-12-26-15/h2-3,12,14H,4-11H2,1H3. The average Bonchev–Trinajstić information content (AvgIpc) is 3.28. The van der Waals surface area contributed by atoms with E-state index in [1.54, 1.807) is 6.92 Å². The topological polar surface area (TPSA) is 71.3 Å². The monoisotopic (exact) mass is 373 g/mol. The smallest absolute Gasteiger partial charge is 0.263 e. The van der Waals surface area contributed by atoms with Crippen molar-refractivity contribution in [2.75, 3.05) is 26.2 Å². The van der Waals surface area contributed by atoms with Crippen LogP contribution in [0.4, 0.5) is 0 Å². The molecule has 0 spiro atoms. The van der Waals surface area contributed by atoms with Gasteiger partial charge in [0.2, 0.25) is 5.91 Å². The molecule has 0 unspecified atom stereocenters. The summed E-state index contributed by atoms with van der Waals surface area (Å²) < 4.78 is 2.20. The Balaban J connectivity index is 1.45. The molecular formula is C18H23N5O2S. The molecule has 1 saturated heterocycles. The average molecular weight is 373 g/mol. The van der Waals surface area contributed by atoms with Gasteiger partial charge in [0.15, 0.2) is 0 Å². The molecule has 0 saturated carbocycles. The molecule has 0 N–H and O–H groups in total. The Kier molecular flexibility index (Phi) is 4.76. The molecule has 7 nitrogen and oxygen atoms in total. The Morgan fingerprint density at radius 3 is 2.58 bits per heavy atom.